The zero-order chi connectivity index (χ0) is 14.8. The van der Waals surface area contributed by atoms with Crippen LogP contribution in [0.25, 0.3) is 0 Å². The molecule has 0 fully saturated rings. The maximum atomic E-state index is 5.80. The lowest BCUT2D eigenvalue weighted by molar-refractivity contribution is 0.414. The van der Waals surface area contributed by atoms with E-state index in [9.17, 15) is 0 Å². The minimum absolute atomic E-state index is 0. The second-order valence-electron chi connectivity index (χ2n) is 5.01. The van der Waals surface area contributed by atoms with Crippen molar-refractivity contribution in [3.8, 4) is 5.75 Å². The summed E-state index contributed by atoms with van der Waals surface area (Å²) in [5, 5.41) is 3.17. The van der Waals surface area contributed by atoms with Gasteiger partial charge in [0.25, 0.3) is 0 Å². The number of rotatable bonds is 8. The Kier molecular flexibility index (Phi) is 11.1. The summed E-state index contributed by atoms with van der Waals surface area (Å²) in [6.07, 6.45) is 3.26. The summed E-state index contributed by atoms with van der Waals surface area (Å²) in [6.45, 7) is 6.02. The molecule has 0 heterocycles. The fraction of sp³-hybridized carbons (Fsp3) is 0.562. The quantitative estimate of drug-likeness (QED) is 0.301. The van der Waals surface area contributed by atoms with Gasteiger partial charge in [0, 0.05) is 13.1 Å². The first-order chi connectivity index (χ1) is 9.67. The number of guanidine groups is 1. The van der Waals surface area contributed by atoms with Crippen LogP contribution in [0.1, 0.15) is 44.6 Å². The molecule has 0 radical (unpaired) electrons. The van der Waals surface area contributed by atoms with E-state index >= 15 is 0 Å². The van der Waals surface area contributed by atoms with Gasteiger partial charge >= 0.3 is 0 Å². The average molecular weight is 405 g/mol. The van der Waals surface area contributed by atoms with Gasteiger partial charge in [0.1, 0.15) is 5.75 Å². The molecule has 0 bridgehead atoms. The number of unbranched alkanes of at least 4 members (excludes halogenated alkanes) is 1. The predicted octanol–water partition coefficient (Wildman–Crippen LogP) is 3.51. The van der Waals surface area contributed by atoms with E-state index in [0.717, 1.165) is 38.1 Å². The van der Waals surface area contributed by atoms with Crippen LogP contribution in [-0.2, 0) is 0 Å². The summed E-state index contributed by atoms with van der Waals surface area (Å²) in [4.78, 5) is 4.27. The van der Waals surface area contributed by atoms with Crippen LogP contribution in [0.3, 0.4) is 0 Å². The van der Waals surface area contributed by atoms with E-state index in [1.54, 1.807) is 7.11 Å². The highest BCUT2D eigenvalue weighted by Gasteiger charge is 2.05. The molecular weight excluding hydrogens is 377 g/mol. The van der Waals surface area contributed by atoms with Crippen molar-refractivity contribution in [2.75, 3.05) is 20.2 Å². The van der Waals surface area contributed by atoms with Crippen molar-refractivity contribution in [2.45, 2.75) is 39.0 Å². The highest BCUT2D eigenvalue weighted by Crippen LogP contribution is 2.21. The Bertz CT molecular complexity index is 406. The molecule has 1 unspecified atom stereocenters. The monoisotopic (exact) mass is 405 g/mol. The first kappa shape index (κ1) is 20.0. The highest BCUT2D eigenvalue weighted by atomic mass is 127. The standard InChI is InChI=1S/C16H27N3O.HI/c1-4-5-11-18-16(17)19-12-10-13(2)14-6-8-15(20-3)9-7-14;/h6-9,13H,4-5,10-12H2,1-3H3,(H3,17,18,19);1H. The lowest BCUT2D eigenvalue weighted by Gasteiger charge is -2.13. The Morgan fingerprint density at radius 1 is 1.33 bits per heavy atom. The molecule has 1 aromatic rings. The maximum Gasteiger partial charge on any atom is 0.188 e. The normalized spacial score (nSPS) is 12.4. The summed E-state index contributed by atoms with van der Waals surface area (Å²) >= 11 is 0. The molecule has 1 atom stereocenters. The number of halogens is 1. The van der Waals surface area contributed by atoms with Gasteiger partial charge in [-0.1, -0.05) is 32.4 Å². The van der Waals surface area contributed by atoms with Crippen LogP contribution in [0.4, 0.5) is 0 Å². The number of aliphatic imine (C=N–C) groups is 1. The fourth-order valence-corrected chi connectivity index (χ4v) is 1.93. The van der Waals surface area contributed by atoms with Gasteiger partial charge in [0.2, 0.25) is 0 Å². The van der Waals surface area contributed by atoms with Gasteiger partial charge < -0.3 is 15.8 Å². The molecule has 0 aromatic heterocycles. The minimum Gasteiger partial charge on any atom is -0.497 e. The second kappa shape index (κ2) is 11.7. The number of hydrogen-bond acceptors (Lipinski definition) is 2. The molecule has 0 saturated carbocycles. The van der Waals surface area contributed by atoms with Crippen LogP contribution in [0.2, 0.25) is 0 Å². The third-order valence-electron chi connectivity index (χ3n) is 3.36. The van der Waals surface area contributed by atoms with Crippen molar-refractivity contribution in [3.05, 3.63) is 29.8 Å². The second-order valence-corrected chi connectivity index (χ2v) is 5.01. The molecule has 3 N–H and O–H groups in total. The molecule has 1 aromatic carbocycles. The SMILES string of the molecule is CCCCN=C(N)NCCC(C)c1ccc(OC)cc1.I. The zero-order valence-electron chi connectivity index (χ0n) is 13.3. The first-order valence-electron chi connectivity index (χ1n) is 7.35. The summed E-state index contributed by atoms with van der Waals surface area (Å²) in [7, 11) is 1.68. The molecule has 120 valence electrons. The lowest BCUT2D eigenvalue weighted by Crippen LogP contribution is -2.33. The summed E-state index contributed by atoms with van der Waals surface area (Å²) < 4.78 is 5.16. The van der Waals surface area contributed by atoms with Gasteiger partial charge in [0.15, 0.2) is 5.96 Å². The molecule has 0 aliphatic heterocycles. The number of nitrogens with one attached hydrogen (secondary N) is 1. The fourth-order valence-electron chi connectivity index (χ4n) is 1.93. The number of benzene rings is 1. The predicted molar refractivity (Wildman–Crippen MR) is 101 cm³/mol. The molecule has 0 amide bonds. The Morgan fingerprint density at radius 2 is 2.00 bits per heavy atom. The van der Waals surface area contributed by atoms with Crippen LogP contribution in [0, 0.1) is 0 Å². The minimum atomic E-state index is 0. The highest BCUT2D eigenvalue weighted by molar-refractivity contribution is 14.0. The summed E-state index contributed by atoms with van der Waals surface area (Å²) in [5.74, 6) is 1.93. The number of nitrogens with two attached hydrogens (primary N) is 1. The molecule has 4 nitrogen and oxygen atoms in total. The summed E-state index contributed by atoms with van der Waals surface area (Å²) in [5.41, 5.74) is 7.11. The number of hydrogen-bond donors (Lipinski definition) is 2. The number of methoxy groups -OCH3 is 1. The van der Waals surface area contributed by atoms with Gasteiger partial charge in [-0.15, -0.1) is 24.0 Å². The van der Waals surface area contributed by atoms with E-state index in [1.165, 1.54) is 5.56 Å². The van der Waals surface area contributed by atoms with E-state index < -0.39 is 0 Å². The third kappa shape index (κ3) is 8.14. The van der Waals surface area contributed by atoms with Crippen molar-refractivity contribution in [3.63, 3.8) is 0 Å². The molecular formula is C16H28IN3O. The van der Waals surface area contributed by atoms with Crippen molar-refractivity contribution in [1.82, 2.24) is 5.32 Å². The van der Waals surface area contributed by atoms with Gasteiger partial charge in [-0.3, -0.25) is 4.99 Å². The molecule has 0 saturated heterocycles. The Hall–Kier alpha value is -0.980. The molecule has 21 heavy (non-hydrogen) atoms. The average Bonchev–Trinajstić information content (AvgIpc) is 2.47. The Labute approximate surface area is 145 Å². The first-order valence-corrected chi connectivity index (χ1v) is 7.35. The third-order valence-corrected chi connectivity index (χ3v) is 3.36. The number of ether oxygens (including phenoxy) is 1. The van der Waals surface area contributed by atoms with Gasteiger partial charge in [0.05, 0.1) is 7.11 Å². The summed E-state index contributed by atoms with van der Waals surface area (Å²) in [6, 6.07) is 8.23. The van der Waals surface area contributed by atoms with Crippen molar-refractivity contribution in [2.24, 2.45) is 10.7 Å². The maximum absolute atomic E-state index is 5.80. The molecule has 0 aliphatic rings. The van der Waals surface area contributed by atoms with Gasteiger partial charge in [-0.25, -0.2) is 0 Å². The lowest BCUT2D eigenvalue weighted by atomic mass is 9.98. The van der Waals surface area contributed by atoms with Crippen LogP contribution < -0.4 is 15.8 Å². The van der Waals surface area contributed by atoms with Crippen molar-refractivity contribution in [1.29, 1.82) is 0 Å². The molecule has 0 aliphatic carbocycles. The largest absolute Gasteiger partial charge is 0.497 e. The Balaban J connectivity index is 0.00000400. The van der Waals surface area contributed by atoms with E-state index in [4.69, 9.17) is 10.5 Å². The van der Waals surface area contributed by atoms with Crippen LogP contribution >= 0.6 is 24.0 Å². The van der Waals surface area contributed by atoms with E-state index in [1.807, 2.05) is 12.1 Å². The van der Waals surface area contributed by atoms with Crippen LogP contribution in [-0.4, -0.2) is 26.2 Å². The van der Waals surface area contributed by atoms with Gasteiger partial charge in [-0.05, 0) is 36.5 Å². The van der Waals surface area contributed by atoms with Crippen LogP contribution in [0.5, 0.6) is 5.75 Å². The molecule has 5 heteroatoms. The van der Waals surface area contributed by atoms with E-state index in [-0.39, 0.29) is 24.0 Å². The van der Waals surface area contributed by atoms with E-state index in [0.29, 0.717) is 11.9 Å². The zero-order valence-corrected chi connectivity index (χ0v) is 15.6. The topological polar surface area (TPSA) is 59.6 Å². The van der Waals surface area contributed by atoms with Crippen molar-refractivity contribution < 1.29 is 4.74 Å². The molecule has 1 rings (SSSR count). The smallest absolute Gasteiger partial charge is 0.188 e. The molecule has 0 spiro atoms. The van der Waals surface area contributed by atoms with E-state index in [2.05, 4.69) is 36.3 Å². The van der Waals surface area contributed by atoms with Gasteiger partial charge in [-0.2, -0.15) is 0 Å². The Morgan fingerprint density at radius 3 is 2.57 bits per heavy atom. The number of nitrogens with zero attached hydrogens (tertiary/aromatic N) is 1. The van der Waals surface area contributed by atoms with Crippen molar-refractivity contribution >= 4 is 29.9 Å². The van der Waals surface area contributed by atoms with Crippen LogP contribution in [0.15, 0.2) is 29.3 Å².